The highest BCUT2D eigenvalue weighted by Gasteiger charge is 2.42. The van der Waals surface area contributed by atoms with Gasteiger partial charge in [-0.15, -0.1) is 0 Å². The van der Waals surface area contributed by atoms with Gasteiger partial charge in [0.25, 0.3) is 0 Å². The van der Waals surface area contributed by atoms with Crippen molar-refractivity contribution in [2.24, 2.45) is 11.8 Å². The van der Waals surface area contributed by atoms with E-state index in [1.807, 2.05) is 0 Å². The molecule has 2 nitrogen and oxygen atoms in total. The average Bonchev–Trinajstić information content (AvgIpc) is 2.90. The Bertz CT molecular complexity index is 258. The summed E-state index contributed by atoms with van der Waals surface area (Å²) in [4.78, 5) is 0. The number of hydrogen-bond donors (Lipinski definition) is 1. The smallest absolute Gasteiger partial charge is 0.0813 e. The van der Waals surface area contributed by atoms with Gasteiger partial charge in [0.15, 0.2) is 0 Å². The van der Waals surface area contributed by atoms with Crippen LogP contribution in [0.15, 0.2) is 0 Å². The van der Waals surface area contributed by atoms with E-state index in [-0.39, 0.29) is 5.60 Å². The minimum atomic E-state index is 0.209. The minimum absolute atomic E-state index is 0.209. The second-order valence-electron chi connectivity index (χ2n) is 6.79. The van der Waals surface area contributed by atoms with E-state index in [2.05, 4.69) is 12.2 Å². The predicted octanol–water partition coefficient (Wildman–Crippen LogP) is 3.11. The summed E-state index contributed by atoms with van der Waals surface area (Å²) < 4.78 is 6.50. The van der Waals surface area contributed by atoms with E-state index in [4.69, 9.17) is 4.74 Å². The quantitative estimate of drug-likeness (QED) is 0.797. The van der Waals surface area contributed by atoms with Crippen LogP contribution in [-0.4, -0.2) is 24.8 Å². The fraction of sp³-hybridized carbons (Fsp3) is 1.00. The van der Waals surface area contributed by atoms with Crippen molar-refractivity contribution >= 4 is 0 Å². The van der Waals surface area contributed by atoms with Gasteiger partial charge in [0.2, 0.25) is 0 Å². The fourth-order valence-electron chi connectivity index (χ4n) is 4.26. The molecule has 0 aromatic carbocycles. The van der Waals surface area contributed by atoms with E-state index < -0.39 is 0 Å². The van der Waals surface area contributed by atoms with Crippen molar-refractivity contribution in [1.82, 2.24) is 5.32 Å². The highest BCUT2D eigenvalue weighted by molar-refractivity contribution is 4.95. The summed E-state index contributed by atoms with van der Waals surface area (Å²) in [5.74, 6) is 1.82. The topological polar surface area (TPSA) is 21.3 Å². The summed E-state index contributed by atoms with van der Waals surface area (Å²) >= 11 is 0. The van der Waals surface area contributed by atoms with Crippen molar-refractivity contribution in [3.63, 3.8) is 0 Å². The first kappa shape index (κ1) is 12.0. The van der Waals surface area contributed by atoms with Crippen molar-refractivity contribution in [1.29, 1.82) is 0 Å². The average molecular weight is 237 g/mol. The van der Waals surface area contributed by atoms with E-state index in [9.17, 15) is 0 Å². The van der Waals surface area contributed by atoms with Gasteiger partial charge in [0, 0.05) is 13.1 Å². The lowest BCUT2D eigenvalue weighted by atomic mass is 9.94. The molecule has 2 heteroatoms. The Kier molecular flexibility index (Phi) is 3.45. The van der Waals surface area contributed by atoms with Gasteiger partial charge in [-0.05, 0) is 37.5 Å². The highest BCUT2D eigenvalue weighted by Crippen LogP contribution is 2.40. The first-order chi connectivity index (χ1) is 8.26. The second kappa shape index (κ2) is 4.89. The SMILES string of the molecule is CC1CCC2(CNCC(CC3CCCC3)O2)C1. The van der Waals surface area contributed by atoms with Crippen molar-refractivity contribution in [3.8, 4) is 0 Å². The monoisotopic (exact) mass is 237 g/mol. The Morgan fingerprint density at radius 2 is 2.06 bits per heavy atom. The lowest BCUT2D eigenvalue weighted by Crippen LogP contribution is -2.52. The molecule has 0 aromatic rings. The molecule has 98 valence electrons. The van der Waals surface area contributed by atoms with E-state index in [1.54, 1.807) is 0 Å². The first-order valence-electron chi connectivity index (χ1n) is 7.64. The maximum atomic E-state index is 6.50. The molecular weight excluding hydrogens is 210 g/mol. The molecule has 17 heavy (non-hydrogen) atoms. The number of rotatable bonds is 2. The summed E-state index contributed by atoms with van der Waals surface area (Å²) in [6.45, 7) is 4.56. The van der Waals surface area contributed by atoms with Crippen LogP contribution < -0.4 is 5.32 Å². The van der Waals surface area contributed by atoms with Gasteiger partial charge < -0.3 is 10.1 Å². The number of hydrogen-bond acceptors (Lipinski definition) is 2. The van der Waals surface area contributed by atoms with Gasteiger partial charge in [-0.2, -0.15) is 0 Å². The molecule has 0 bridgehead atoms. The summed E-state index contributed by atoms with van der Waals surface area (Å²) in [5.41, 5.74) is 0.209. The normalized spacial score (nSPS) is 43.6. The van der Waals surface area contributed by atoms with Crippen LogP contribution in [0.1, 0.15) is 58.3 Å². The maximum Gasteiger partial charge on any atom is 0.0813 e. The van der Waals surface area contributed by atoms with Gasteiger partial charge in [-0.25, -0.2) is 0 Å². The predicted molar refractivity (Wildman–Crippen MR) is 70.1 cm³/mol. The Morgan fingerprint density at radius 1 is 1.24 bits per heavy atom. The zero-order chi connectivity index (χ0) is 11.7. The third-order valence-electron chi connectivity index (χ3n) is 5.12. The minimum Gasteiger partial charge on any atom is -0.369 e. The van der Waals surface area contributed by atoms with Crippen LogP contribution in [0, 0.1) is 11.8 Å². The third-order valence-corrected chi connectivity index (χ3v) is 5.12. The lowest BCUT2D eigenvalue weighted by Gasteiger charge is -2.40. The van der Waals surface area contributed by atoms with Crippen LogP contribution in [-0.2, 0) is 4.74 Å². The van der Waals surface area contributed by atoms with Gasteiger partial charge in [-0.3, -0.25) is 0 Å². The standard InChI is InChI=1S/C15H27NO/c1-12-6-7-15(9-12)11-16-10-14(17-15)8-13-4-2-3-5-13/h12-14,16H,2-11H2,1H3. The van der Waals surface area contributed by atoms with Crippen molar-refractivity contribution in [2.45, 2.75) is 70.0 Å². The molecule has 1 heterocycles. The largest absolute Gasteiger partial charge is 0.369 e. The molecule has 2 saturated carbocycles. The molecule has 1 N–H and O–H groups in total. The van der Waals surface area contributed by atoms with Crippen molar-refractivity contribution in [3.05, 3.63) is 0 Å². The van der Waals surface area contributed by atoms with Crippen LogP contribution in [0.25, 0.3) is 0 Å². The van der Waals surface area contributed by atoms with Crippen LogP contribution in [0.4, 0.5) is 0 Å². The molecule has 1 aliphatic heterocycles. The van der Waals surface area contributed by atoms with Crippen LogP contribution in [0.2, 0.25) is 0 Å². The molecule has 0 amide bonds. The molecule has 1 spiro atoms. The van der Waals surface area contributed by atoms with Crippen molar-refractivity contribution < 1.29 is 4.74 Å². The van der Waals surface area contributed by atoms with Crippen LogP contribution >= 0.6 is 0 Å². The molecule has 2 aliphatic carbocycles. The molecule has 3 rings (SSSR count). The Morgan fingerprint density at radius 3 is 2.76 bits per heavy atom. The second-order valence-corrected chi connectivity index (χ2v) is 6.79. The molecule has 3 unspecified atom stereocenters. The van der Waals surface area contributed by atoms with E-state index in [1.165, 1.54) is 51.4 Å². The van der Waals surface area contributed by atoms with Crippen LogP contribution in [0.5, 0.6) is 0 Å². The third kappa shape index (κ3) is 2.68. The van der Waals surface area contributed by atoms with Gasteiger partial charge in [-0.1, -0.05) is 32.6 Å². The molecule has 0 radical (unpaired) electrons. The summed E-state index contributed by atoms with van der Waals surface area (Å²) in [7, 11) is 0. The zero-order valence-corrected chi connectivity index (χ0v) is 11.2. The van der Waals surface area contributed by atoms with E-state index in [0.29, 0.717) is 6.10 Å². The van der Waals surface area contributed by atoms with E-state index in [0.717, 1.165) is 24.9 Å². The number of ether oxygens (including phenoxy) is 1. The lowest BCUT2D eigenvalue weighted by molar-refractivity contribution is -0.120. The van der Waals surface area contributed by atoms with Gasteiger partial charge >= 0.3 is 0 Å². The molecule has 3 aliphatic rings. The Hall–Kier alpha value is -0.0800. The fourth-order valence-corrected chi connectivity index (χ4v) is 4.26. The molecular formula is C15H27NO. The van der Waals surface area contributed by atoms with Gasteiger partial charge in [0.05, 0.1) is 11.7 Å². The summed E-state index contributed by atoms with van der Waals surface area (Å²) in [5, 5.41) is 3.64. The summed E-state index contributed by atoms with van der Waals surface area (Å²) in [6.07, 6.45) is 11.5. The van der Waals surface area contributed by atoms with E-state index >= 15 is 0 Å². The molecule has 1 saturated heterocycles. The Balaban J connectivity index is 1.55. The number of nitrogens with one attached hydrogen (secondary N) is 1. The summed E-state index contributed by atoms with van der Waals surface area (Å²) in [6, 6.07) is 0. The highest BCUT2D eigenvalue weighted by atomic mass is 16.5. The molecule has 3 fully saturated rings. The van der Waals surface area contributed by atoms with Crippen molar-refractivity contribution in [2.75, 3.05) is 13.1 Å². The van der Waals surface area contributed by atoms with Crippen LogP contribution in [0.3, 0.4) is 0 Å². The Labute approximate surface area is 105 Å². The van der Waals surface area contributed by atoms with Gasteiger partial charge in [0.1, 0.15) is 0 Å². The maximum absolute atomic E-state index is 6.50. The number of morpholine rings is 1. The molecule has 3 atom stereocenters. The molecule has 0 aromatic heterocycles. The zero-order valence-electron chi connectivity index (χ0n) is 11.2. The first-order valence-corrected chi connectivity index (χ1v) is 7.64.